The lowest BCUT2D eigenvalue weighted by atomic mass is 10.1. The van der Waals surface area contributed by atoms with Gasteiger partial charge in [-0.2, -0.15) is 0 Å². The third kappa shape index (κ3) is 3.59. The minimum atomic E-state index is -0.806. The van der Waals surface area contributed by atoms with Crippen LogP contribution in [0.15, 0.2) is 72.8 Å². The molecule has 1 aromatic heterocycles. The van der Waals surface area contributed by atoms with Gasteiger partial charge in [0.25, 0.3) is 0 Å². The van der Waals surface area contributed by atoms with Crippen LogP contribution in [0, 0.1) is 5.41 Å². The lowest BCUT2D eigenvalue weighted by molar-refractivity contribution is 0.156. The monoisotopic (exact) mass is 411 g/mol. The van der Waals surface area contributed by atoms with Crippen molar-refractivity contribution in [3.05, 3.63) is 99.6 Å². The zero-order valence-corrected chi connectivity index (χ0v) is 16.5. The summed E-state index contributed by atoms with van der Waals surface area (Å²) in [6.45, 7) is 0.842. The lowest BCUT2D eigenvalue weighted by Crippen LogP contribution is -2.27. The standard InChI is InChI=1S/C22H19Cl2N3O/c23-17-11-10-16(12-18(17)24)21(28)14-27-20-9-5-4-8-19(20)26(22(27)25)13-15-6-2-1-3-7-15/h1-12,21,25,28H,13-14H2/t21-/m0/s1. The summed E-state index contributed by atoms with van der Waals surface area (Å²) in [6.07, 6.45) is -0.806. The molecule has 0 aliphatic rings. The summed E-state index contributed by atoms with van der Waals surface area (Å²) < 4.78 is 3.78. The molecular formula is C22H19Cl2N3O. The summed E-state index contributed by atoms with van der Waals surface area (Å²) >= 11 is 12.1. The first-order valence-electron chi connectivity index (χ1n) is 8.94. The fourth-order valence-corrected chi connectivity index (χ4v) is 3.71. The maximum absolute atomic E-state index is 10.8. The minimum Gasteiger partial charge on any atom is -0.387 e. The Morgan fingerprint density at radius 1 is 0.821 bits per heavy atom. The molecule has 0 radical (unpaired) electrons. The average Bonchev–Trinajstić information content (AvgIpc) is 2.97. The van der Waals surface area contributed by atoms with Gasteiger partial charge in [0.15, 0.2) is 0 Å². The third-order valence-corrected chi connectivity index (χ3v) is 5.58. The van der Waals surface area contributed by atoms with Gasteiger partial charge in [-0.1, -0.05) is 71.7 Å². The van der Waals surface area contributed by atoms with E-state index >= 15 is 0 Å². The van der Waals surface area contributed by atoms with Crippen molar-refractivity contribution in [2.24, 2.45) is 0 Å². The molecule has 2 N–H and O–H groups in total. The van der Waals surface area contributed by atoms with Crippen LogP contribution in [-0.4, -0.2) is 14.2 Å². The summed E-state index contributed by atoms with van der Waals surface area (Å²) in [6, 6.07) is 23.0. The maximum Gasteiger partial charge on any atom is 0.203 e. The first-order chi connectivity index (χ1) is 13.5. The number of aliphatic hydroxyl groups excluding tert-OH is 1. The zero-order chi connectivity index (χ0) is 19.7. The van der Waals surface area contributed by atoms with Crippen molar-refractivity contribution in [2.75, 3.05) is 0 Å². The molecule has 0 saturated carbocycles. The molecule has 0 bridgehead atoms. The van der Waals surface area contributed by atoms with Crippen molar-refractivity contribution < 1.29 is 5.11 Å². The van der Waals surface area contributed by atoms with Crippen LogP contribution < -0.4 is 5.62 Å². The van der Waals surface area contributed by atoms with Gasteiger partial charge >= 0.3 is 0 Å². The first-order valence-corrected chi connectivity index (χ1v) is 9.70. The summed E-state index contributed by atoms with van der Waals surface area (Å²) in [7, 11) is 0. The molecule has 4 rings (SSSR count). The van der Waals surface area contributed by atoms with Crippen molar-refractivity contribution >= 4 is 34.2 Å². The quantitative estimate of drug-likeness (QED) is 0.476. The molecule has 4 aromatic rings. The molecule has 0 saturated heterocycles. The number of benzene rings is 3. The van der Waals surface area contributed by atoms with E-state index in [4.69, 9.17) is 28.6 Å². The molecule has 3 aromatic carbocycles. The fraction of sp³-hybridized carbons (Fsp3) is 0.136. The largest absolute Gasteiger partial charge is 0.387 e. The molecule has 0 unspecified atom stereocenters. The van der Waals surface area contributed by atoms with E-state index in [0.717, 1.165) is 16.6 Å². The second kappa shape index (κ2) is 7.84. The van der Waals surface area contributed by atoms with E-state index < -0.39 is 6.10 Å². The van der Waals surface area contributed by atoms with Crippen LogP contribution >= 0.6 is 23.2 Å². The van der Waals surface area contributed by atoms with Gasteiger partial charge in [-0.05, 0) is 35.4 Å². The van der Waals surface area contributed by atoms with E-state index in [-0.39, 0.29) is 6.54 Å². The molecule has 0 spiro atoms. The maximum atomic E-state index is 10.8. The topological polar surface area (TPSA) is 53.9 Å². The number of aliphatic hydroxyl groups is 1. The second-order valence-electron chi connectivity index (χ2n) is 6.68. The highest BCUT2D eigenvalue weighted by Crippen LogP contribution is 2.27. The van der Waals surface area contributed by atoms with Crippen molar-refractivity contribution in [3.8, 4) is 0 Å². The molecule has 142 valence electrons. The van der Waals surface area contributed by atoms with Crippen LogP contribution in [0.1, 0.15) is 17.2 Å². The fourth-order valence-electron chi connectivity index (χ4n) is 3.40. The Bertz CT molecular complexity index is 1180. The molecule has 6 heteroatoms. The Labute approximate surface area is 172 Å². The van der Waals surface area contributed by atoms with Crippen LogP contribution in [0.25, 0.3) is 11.0 Å². The Morgan fingerprint density at radius 2 is 1.46 bits per heavy atom. The number of rotatable bonds is 5. The molecule has 0 amide bonds. The normalized spacial score (nSPS) is 12.4. The number of imidazole rings is 1. The molecule has 4 nitrogen and oxygen atoms in total. The predicted molar refractivity (Wildman–Crippen MR) is 113 cm³/mol. The minimum absolute atomic E-state index is 0.249. The Kier molecular flexibility index (Phi) is 5.27. The van der Waals surface area contributed by atoms with Gasteiger partial charge in [0.2, 0.25) is 5.62 Å². The number of para-hydroxylation sites is 2. The van der Waals surface area contributed by atoms with Crippen LogP contribution in [0.5, 0.6) is 0 Å². The molecule has 0 aliphatic heterocycles. The van der Waals surface area contributed by atoms with Gasteiger partial charge in [-0.3, -0.25) is 5.41 Å². The number of aromatic nitrogens is 2. The molecule has 0 fully saturated rings. The number of nitrogens with one attached hydrogen (secondary N) is 1. The van der Waals surface area contributed by atoms with E-state index in [2.05, 4.69) is 0 Å². The second-order valence-corrected chi connectivity index (χ2v) is 7.50. The zero-order valence-electron chi connectivity index (χ0n) is 15.0. The van der Waals surface area contributed by atoms with E-state index in [1.54, 1.807) is 18.2 Å². The highest BCUT2D eigenvalue weighted by Gasteiger charge is 2.16. The molecule has 1 heterocycles. The van der Waals surface area contributed by atoms with Crippen molar-refractivity contribution in [1.29, 1.82) is 5.41 Å². The van der Waals surface area contributed by atoms with Crippen LogP contribution in [0.3, 0.4) is 0 Å². The Morgan fingerprint density at radius 3 is 2.14 bits per heavy atom. The molecule has 1 atom stereocenters. The molecule has 28 heavy (non-hydrogen) atoms. The summed E-state index contributed by atoms with van der Waals surface area (Å²) in [4.78, 5) is 0. The van der Waals surface area contributed by atoms with Gasteiger partial charge in [-0.15, -0.1) is 0 Å². The van der Waals surface area contributed by atoms with Gasteiger partial charge in [0.1, 0.15) is 0 Å². The number of fused-ring (bicyclic) bond motifs is 1. The van der Waals surface area contributed by atoms with Crippen molar-refractivity contribution in [1.82, 2.24) is 9.13 Å². The van der Waals surface area contributed by atoms with Gasteiger partial charge in [0.05, 0.1) is 40.3 Å². The van der Waals surface area contributed by atoms with E-state index in [1.807, 2.05) is 63.7 Å². The van der Waals surface area contributed by atoms with E-state index in [9.17, 15) is 5.11 Å². The van der Waals surface area contributed by atoms with Gasteiger partial charge < -0.3 is 14.2 Å². The van der Waals surface area contributed by atoms with Crippen LogP contribution in [0.2, 0.25) is 10.0 Å². The SMILES string of the molecule is N=c1n(Cc2ccccc2)c2ccccc2n1C[C@H](O)c1ccc(Cl)c(Cl)c1. The smallest absolute Gasteiger partial charge is 0.203 e. The average molecular weight is 412 g/mol. The Hall–Kier alpha value is -2.53. The number of hydrogen-bond acceptors (Lipinski definition) is 2. The first kappa shape index (κ1) is 18.8. The summed E-state index contributed by atoms with van der Waals surface area (Å²) in [5.74, 6) is 0. The number of nitrogens with zero attached hydrogens (tertiary/aromatic N) is 2. The van der Waals surface area contributed by atoms with Crippen molar-refractivity contribution in [2.45, 2.75) is 19.2 Å². The third-order valence-electron chi connectivity index (χ3n) is 4.84. The summed E-state index contributed by atoms with van der Waals surface area (Å²) in [5.41, 5.74) is 3.99. The van der Waals surface area contributed by atoms with Crippen molar-refractivity contribution in [3.63, 3.8) is 0 Å². The highest BCUT2D eigenvalue weighted by molar-refractivity contribution is 6.42. The number of halogens is 2. The molecular weight excluding hydrogens is 393 g/mol. The predicted octanol–water partition coefficient (Wildman–Crippen LogP) is 5.01. The van der Waals surface area contributed by atoms with Crippen LogP contribution in [0.4, 0.5) is 0 Å². The van der Waals surface area contributed by atoms with Gasteiger partial charge in [0, 0.05) is 0 Å². The van der Waals surface area contributed by atoms with Gasteiger partial charge in [-0.25, -0.2) is 0 Å². The highest BCUT2D eigenvalue weighted by atomic mass is 35.5. The van der Waals surface area contributed by atoms with E-state index in [0.29, 0.717) is 27.8 Å². The Balaban J connectivity index is 1.74. The van der Waals surface area contributed by atoms with E-state index in [1.165, 1.54) is 0 Å². The molecule has 0 aliphatic carbocycles. The van der Waals surface area contributed by atoms with Crippen LogP contribution in [-0.2, 0) is 13.1 Å². The summed E-state index contributed by atoms with van der Waals surface area (Å²) in [5, 5.41) is 20.3. The number of hydrogen-bond donors (Lipinski definition) is 2. The lowest BCUT2D eigenvalue weighted by Gasteiger charge is -2.13.